The van der Waals surface area contributed by atoms with E-state index in [0.717, 1.165) is 17.1 Å². The summed E-state index contributed by atoms with van der Waals surface area (Å²) in [5.74, 6) is 0.0773. The topological polar surface area (TPSA) is 89.2 Å². The molecule has 2 aromatic rings. The second-order valence-electron chi connectivity index (χ2n) is 4.32. The van der Waals surface area contributed by atoms with Gasteiger partial charge in [0, 0.05) is 26.0 Å². The van der Waals surface area contributed by atoms with Crippen LogP contribution in [0.5, 0.6) is 0 Å². The molecule has 0 aliphatic heterocycles. The van der Waals surface area contributed by atoms with E-state index in [0.29, 0.717) is 11.5 Å². The van der Waals surface area contributed by atoms with Crippen LogP contribution in [-0.2, 0) is 16.4 Å². The first kappa shape index (κ1) is 14.7. The fourth-order valence-electron chi connectivity index (χ4n) is 1.80. The van der Waals surface area contributed by atoms with Gasteiger partial charge >= 0.3 is 0 Å². The summed E-state index contributed by atoms with van der Waals surface area (Å²) in [5, 5.41) is 0.563. The summed E-state index contributed by atoms with van der Waals surface area (Å²) in [5.41, 5.74) is 6.70. The van der Waals surface area contributed by atoms with E-state index in [1.807, 2.05) is 24.1 Å². The molecule has 0 saturated heterocycles. The van der Waals surface area contributed by atoms with Crippen molar-refractivity contribution in [2.24, 2.45) is 0 Å². The van der Waals surface area contributed by atoms with E-state index >= 15 is 0 Å². The number of hydrogen-bond acceptors (Lipinski definition) is 7. The smallest absolute Gasteiger partial charge is 0.184 e. The Morgan fingerprint density at radius 2 is 2.20 bits per heavy atom. The molecule has 0 bridgehead atoms. The van der Waals surface area contributed by atoms with Gasteiger partial charge in [0.15, 0.2) is 15.7 Å². The van der Waals surface area contributed by atoms with E-state index in [2.05, 4.69) is 9.36 Å². The molecule has 108 valence electrons. The molecule has 8 heteroatoms. The summed E-state index contributed by atoms with van der Waals surface area (Å²) >= 11 is 1.10. The normalized spacial score (nSPS) is 11.5. The number of aromatic nitrogens is 2. The molecular formula is C12H16N4O2S2. The average molecular weight is 312 g/mol. The summed E-state index contributed by atoms with van der Waals surface area (Å²) in [6, 6.07) is 3.77. The van der Waals surface area contributed by atoms with E-state index in [-0.39, 0.29) is 16.5 Å². The molecule has 2 heterocycles. The maximum atomic E-state index is 12.1. The molecule has 0 fully saturated rings. The van der Waals surface area contributed by atoms with Crippen molar-refractivity contribution in [2.75, 3.05) is 23.4 Å². The van der Waals surface area contributed by atoms with Crippen LogP contribution >= 0.6 is 11.5 Å². The van der Waals surface area contributed by atoms with E-state index in [1.165, 1.54) is 0 Å². The maximum absolute atomic E-state index is 12.1. The van der Waals surface area contributed by atoms with Gasteiger partial charge in [-0.05, 0) is 23.2 Å². The number of nitrogens with zero attached hydrogens (tertiary/aromatic N) is 3. The zero-order valence-electron chi connectivity index (χ0n) is 11.3. The quantitative estimate of drug-likeness (QED) is 0.901. The Bertz CT molecular complexity index is 683. The number of pyridine rings is 1. The summed E-state index contributed by atoms with van der Waals surface area (Å²) in [6.07, 6.45) is 3.44. The van der Waals surface area contributed by atoms with Crippen LogP contribution in [0, 0.1) is 0 Å². The van der Waals surface area contributed by atoms with Gasteiger partial charge < -0.3 is 10.6 Å². The molecule has 0 aliphatic carbocycles. The first-order valence-electron chi connectivity index (χ1n) is 6.03. The van der Waals surface area contributed by atoms with Crippen LogP contribution in [0.1, 0.15) is 12.5 Å². The summed E-state index contributed by atoms with van der Waals surface area (Å²) < 4.78 is 28.2. The Kier molecular flexibility index (Phi) is 4.24. The van der Waals surface area contributed by atoms with Gasteiger partial charge in [-0.2, -0.15) is 4.37 Å². The fourth-order valence-corrected chi connectivity index (χ4v) is 4.09. The van der Waals surface area contributed by atoms with E-state index in [4.69, 9.17) is 5.73 Å². The molecule has 6 nitrogen and oxygen atoms in total. The zero-order chi connectivity index (χ0) is 14.8. The molecule has 0 unspecified atom stereocenters. The third-order valence-corrected chi connectivity index (χ3v) is 5.73. The second kappa shape index (κ2) is 5.76. The van der Waals surface area contributed by atoms with Crippen LogP contribution < -0.4 is 10.6 Å². The van der Waals surface area contributed by atoms with E-state index in [9.17, 15) is 8.42 Å². The number of rotatable bonds is 5. The molecule has 0 atom stereocenters. The highest BCUT2D eigenvalue weighted by molar-refractivity contribution is 7.91. The standard InChI is InChI=1S/C12H16N4O2S2/c1-3-20(17,18)10-11(13)15-19-12(10)16(2)8-9-5-4-6-14-7-9/h4-7H,3,8H2,1-2H3,(H2,13,15). The lowest BCUT2D eigenvalue weighted by Gasteiger charge is -2.18. The highest BCUT2D eigenvalue weighted by atomic mass is 32.2. The predicted octanol–water partition coefficient (Wildman–Crippen LogP) is 1.55. The highest BCUT2D eigenvalue weighted by Crippen LogP contribution is 2.35. The molecule has 0 aromatic carbocycles. The van der Waals surface area contributed by atoms with Gasteiger partial charge in [-0.1, -0.05) is 13.0 Å². The van der Waals surface area contributed by atoms with Gasteiger partial charge in [0.1, 0.15) is 9.90 Å². The highest BCUT2D eigenvalue weighted by Gasteiger charge is 2.26. The van der Waals surface area contributed by atoms with Crippen molar-refractivity contribution in [3.63, 3.8) is 0 Å². The van der Waals surface area contributed by atoms with Gasteiger partial charge in [-0.25, -0.2) is 8.42 Å². The third-order valence-electron chi connectivity index (χ3n) is 2.84. The Balaban J connectivity index is 2.34. The lowest BCUT2D eigenvalue weighted by atomic mass is 10.3. The minimum Gasteiger partial charge on any atom is -0.382 e. The van der Waals surface area contributed by atoms with Gasteiger partial charge in [-0.15, -0.1) is 0 Å². The zero-order valence-corrected chi connectivity index (χ0v) is 12.9. The molecule has 2 N–H and O–H groups in total. The van der Waals surface area contributed by atoms with Crippen molar-refractivity contribution in [2.45, 2.75) is 18.4 Å². The number of anilines is 2. The predicted molar refractivity (Wildman–Crippen MR) is 80.6 cm³/mol. The Labute approximate surface area is 122 Å². The number of nitrogen functional groups attached to an aromatic ring is 1. The molecule has 0 radical (unpaired) electrons. The Morgan fingerprint density at radius 1 is 1.45 bits per heavy atom. The summed E-state index contributed by atoms with van der Waals surface area (Å²) in [4.78, 5) is 6.00. The lowest BCUT2D eigenvalue weighted by Crippen LogP contribution is -2.18. The molecule has 0 amide bonds. The van der Waals surface area contributed by atoms with Crippen molar-refractivity contribution in [1.82, 2.24) is 9.36 Å². The minimum atomic E-state index is -3.39. The number of nitrogens with two attached hydrogens (primary N) is 1. The van der Waals surface area contributed by atoms with Gasteiger partial charge in [0.05, 0.1) is 5.75 Å². The average Bonchev–Trinajstić information content (AvgIpc) is 2.82. The first-order chi connectivity index (χ1) is 9.45. The van der Waals surface area contributed by atoms with Crippen molar-refractivity contribution in [1.29, 1.82) is 0 Å². The number of sulfone groups is 1. The van der Waals surface area contributed by atoms with Crippen LogP contribution in [-0.4, -0.2) is 30.6 Å². The second-order valence-corrected chi connectivity index (χ2v) is 7.29. The van der Waals surface area contributed by atoms with Crippen molar-refractivity contribution >= 4 is 32.2 Å². The van der Waals surface area contributed by atoms with Crippen molar-refractivity contribution in [3.8, 4) is 0 Å². The molecule has 20 heavy (non-hydrogen) atoms. The largest absolute Gasteiger partial charge is 0.382 e. The van der Waals surface area contributed by atoms with Gasteiger partial charge in [0.2, 0.25) is 0 Å². The fraction of sp³-hybridized carbons (Fsp3) is 0.333. The van der Waals surface area contributed by atoms with Crippen molar-refractivity contribution < 1.29 is 8.42 Å². The van der Waals surface area contributed by atoms with Crippen LogP contribution in [0.3, 0.4) is 0 Å². The summed E-state index contributed by atoms with van der Waals surface area (Å²) in [6.45, 7) is 2.14. The van der Waals surface area contributed by atoms with Gasteiger partial charge in [0.25, 0.3) is 0 Å². The van der Waals surface area contributed by atoms with Crippen LogP contribution in [0.4, 0.5) is 10.8 Å². The van der Waals surface area contributed by atoms with E-state index < -0.39 is 9.84 Å². The molecule has 0 aliphatic rings. The van der Waals surface area contributed by atoms with Crippen LogP contribution in [0.25, 0.3) is 0 Å². The SMILES string of the molecule is CCS(=O)(=O)c1c(N)nsc1N(C)Cc1cccnc1. The molecule has 0 saturated carbocycles. The third kappa shape index (κ3) is 2.91. The Morgan fingerprint density at radius 3 is 2.80 bits per heavy atom. The molecule has 0 spiro atoms. The summed E-state index contributed by atoms with van der Waals surface area (Å²) in [7, 11) is -1.57. The molecule has 2 rings (SSSR count). The molecule has 2 aromatic heterocycles. The lowest BCUT2D eigenvalue weighted by molar-refractivity contribution is 0.597. The monoisotopic (exact) mass is 312 g/mol. The van der Waals surface area contributed by atoms with Gasteiger partial charge in [-0.3, -0.25) is 4.98 Å². The molecular weight excluding hydrogens is 296 g/mol. The van der Waals surface area contributed by atoms with Crippen LogP contribution in [0.2, 0.25) is 0 Å². The van der Waals surface area contributed by atoms with E-state index in [1.54, 1.807) is 19.3 Å². The maximum Gasteiger partial charge on any atom is 0.184 e. The Hall–Kier alpha value is -1.67. The minimum absolute atomic E-state index is 0.00332. The number of hydrogen-bond donors (Lipinski definition) is 1. The van der Waals surface area contributed by atoms with Crippen molar-refractivity contribution in [3.05, 3.63) is 30.1 Å². The van der Waals surface area contributed by atoms with Crippen LogP contribution in [0.15, 0.2) is 29.4 Å². The first-order valence-corrected chi connectivity index (χ1v) is 8.46.